The van der Waals surface area contributed by atoms with Crippen LogP contribution in [0.3, 0.4) is 0 Å². The van der Waals surface area contributed by atoms with Crippen molar-refractivity contribution in [2.45, 2.75) is 45.1 Å². The summed E-state index contributed by atoms with van der Waals surface area (Å²) < 4.78 is 26.9. The number of rotatable bonds is 5. The first-order valence-corrected chi connectivity index (χ1v) is 7.91. The van der Waals surface area contributed by atoms with Crippen molar-refractivity contribution < 1.29 is 8.42 Å². The van der Waals surface area contributed by atoms with Crippen LogP contribution in [0.1, 0.15) is 31.4 Å². The topological polar surface area (TPSA) is 87.2 Å². The van der Waals surface area contributed by atoms with Crippen molar-refractivity contribution in [2.24, 2.45) is 0 Å². The first kappa shape index (κ1) is 16.5. The molecule has 5 nitrogen and oxygen atoms in total. The van der Waals surface area contributed by atoms with Gasteiger partial charge in [-0.3, -0.25) is 0 Å². The average Bonchev–Trinajstić information content (AvgIpc) is 2.33. The Morgan fingerprint density at radius 3 is 2.45 bits per heavy atom. The molecular weight excluding hydrogens is 274 g/mol. The minimum absolute atomic E-state index is 0.164. The second-order valence-corrected chi connectivity index (χ2v) is 6.95. The predicted octanol–water partition coefficient (Wildman–Crippen LogP) is 2.20. The summed E-state index contributed by atoms with van der Waals surface area (Å²) in [5.74, 6) is 0. The van der Waals surface area contributed by atoms with E-state index in [0.717, 1.165) is 5.56 Å². The van der Waals surface area contributed by atoms with Gasteiger partial charge in [0.05, 0.1) is 11.0 Å². The molecule has 0 atom stereocenters. The number of nitrogens with two attached hydrogens (primary N) is 1. The predicted molar refractivity (Wildman–Crippen MR) is 79.6 cm³/mol. The van der Waals surface area contributed by atoms with Gasteiger partial charge in [-0.1, -0.05) is 0 Å². The van der Waals surface area contributed by atoms with E-state index in [2.05, 4.69) is 0 Å². The minimum Gasteiger partial charge on any atom is -0.398 e. The molecule has 6 heteroatoms. The Morgan fingerprint density at radius 2 is 1.95 bits per heavy atom. The molecule has 0 bridgehead atoms. The maximum Gasteiger partial charge on any atom is 0.243 e. The fourth-order valence-corrected chi connectivity index (χ4v) is 4.04. The molecule has 0 saturated carbocycles. The second-order valence-electron chi connectivity index (χ2n) is 5.09. The smallest absolute Gasteiger partial charge is 0.243 e. The molecule has 0 unspecified atom stereocenters. The van der Waals surface area contributed by atoms with E-state index in [1.807, 2.05) is 13.0 Å². The van der Waals surface area contributed by atoms with Crippen molar-refractivity contribution in [1.82, 2.24) is 4.31 Å². The van der Waals surface area contributed by atoms with Gasteiger partial charge in [0.25, 0.3) is 0 Å². The third-order valence-corrected chi connectivity index (χ3v) is 5.35. The molecule has 0 spiro atoms. The molecule has 0 aliphatic heterocycles. The Balaban J connectivity index is 3.38. The summed E-state index contributed by atoms with van der Waals surface area (Å²) in [5, 5.41) is 8.68. The molecule has 0 aliphatic carbocycles. The Hall–Kier alpha value is -1.58. The lowest BCUT2D eigenvalue weighted by molar-refractivity contribution is 0.360. The van der Waals surface area contributed by atoms with Crippen LogP contribution in [0, 0.1) is 25.2 Å². The van der Waals surface area contributed by atoms with Crippen molar-refractivity contribution in [2.75, 3.05) is 12.3 Å². The maximum atomic E-state index is 12.8. The third-order valence-electron chi connectivity index (χ3n) is 3.15. The third kappa shape index (κ3) is 3.30. The lowest BCUT2D eigenvalue weighted by atomic mass is 10.1. The van der Waals surface area contributed by atoms with Crippen LogP contribution in [0.15, 0.2) is 17.0 Å². The summed E-state index contributed by atoms with van der Waals surface area (Å²) in [5.41, 5.74) is 7.68. The Morgan fingerprint density at radius 1 is 1.35 bits per heavy atom. The largest absolute Gasteiger partial charge is 0.398 e. The lowest BCUT2D eigenvalue weighted by Crippen LogP contribution is -2.38. The molecule has 0 saturated heterocycles. The zero-order valence-corrected chi connectivity index (χ0v) is 13.2. The molecule has 2 N–H and O–H groups in total. The van der Waals surface area contributed by atoms with Crippen LogP contribution in [0.2, 0.25) is 0 Å². The Labute approximate surface area is 121 Å². The highest BCUT2D eigenvalue weighted by molar-refractivity contribution is 7.89. The molecule has 0 amide bonds. The SMILES string of the molecule is Cc1cc(N)c(C)c(S(=O)(=O)N(CCC#N)C(C)C)c1. The summed E-state index contributed by atoms with van der Waals surface area (Å²) >= 11 is 0. The van der Waals surface area contributed by atoms with Gasteiger partial charge in [-0.05, 0) is 51.0 Å². The van der Waals surface area contributed by atoms with Crippen LogP contribution in [0.25, 0.3) is 0 Å². The van der Waals surface area contributed by atoms with E-state index in [9.17, 15) is 8.42 Å². The standard InChI is InChI=1S/C14H21N3O2S/c1-10(2)17(7-5-6-15)20(18,19)14-9-11(3)8-13(16)12(14)4/h8-10H,5,7,16H2,1-4H3. The number of nitriles is 1. The van der Waals surface area contributed by atoms with Crippen LogP contribution in [0.5, 0.6) is 0 Å². The highest BCUT2D eigenvalue weighted by Gasteiger charge is 2.28. The highest BCUT2D eigenvalue weighted by Crippen LogP contribution is 2.27. The first-order valence-electron chi connectivity index (χ1n) is 6.47. The van der Waals surface area contributed by atoms with E-state index in [1.165, 1.54) is 4.31 Å². The number of sulfonamides is 1. The van der Waals surface area contributed by atoms with Gasteiger partial charge in [-0.2, -0.15) is 9.57 Å². The van der Waals surface area contributed by atoms with Crippen LogP contribution >= 0.6 is 0 Å². The molecule has 0 aliphatic rings. The summed E-state index contributed by atoms with van der Waals surface area (Å²) in [7, 11) is -3.65. The summed E-state index contributed by atoms with van der Waals surface area (Å²) in [6.07, 6.45) is 0.164. The molecule has 1 rings (SSSR count). The Kier molecular flexibility index (Phi) is 5.15. The quantitative estimate of drug-likeness (QED) is 0.844. The molecule has 0 fully saturated rings. The van der Waals surface area contributed by atoms with Gasteiger partial charge in [0.2, 0.25) is 10.0 Å². The van der Waals surface area contributed by atoms with Crippen LogP contribution < -0.4 is 5.73 Å². The molecule has 20 heavy (non-hydrogen) atoms. The van der Waals surface area contributed by atoms with Gasteiger partial charge in [-0.15, -0.1) is 0 Å². The number of hydrogen-bond donors (Lipinski definition) is 1. The fraction of sp³-hybridized carbons (Fsp3) is 0.500. The van der Waals surface area contributed by atoms with Gasteiger partial charge in [-0.25, -0.2) is 8.42 Å². The van der Waals surface area contributed by atoms with E-state index in [4.69, 9.17) is 11.0 Å². The van der Waals surface area contributed by atoms with E-state index >= 15 is 0 Å². The summed E-state index contributed by atoms with van der Waals surface area (Å²) in [4.78, 5) is 0.224. The normalized spacial score (nSPS) is 11.8. The van der Waals surface area contributed by atoms with Gasteiger partial charge in [0, 0.05) is 24.7 Å². The molecule has 1 aromatic carbocycles. The first-order chi connectivity index (χ1) is 9.21. The average molecular weight is 295 g/mol. The van der Waals surface area contributed by atoms with Crippen LogP contribution in [0.4, 0.5) is 5.69 Å². The zero-order chi connectivity index (χ0) is 15.5. The molecule has 0 aromatic heterocycles. The van der Waals surface area contributed by atoms with Crippen LogP contribution in [-0.2, 0) is 10.0 Å². The van der Waals surface area contributed by atoms with Gasteiger partial charge in [0.15, 0.2) is 0 Å². The van der Waals surface area contributed by atoms with Gasteiger partial charge < -0.3 is 5.73 Å². The van der Waals surface area contributed by atoms with Crippen molar-refractivity contribution in [1.29, 1.82) is 5.26 Å². The second kappa shape index (κ2) is 6.25. The summed E-state index contributed by atoms with van der Waals surface area (Å²) in [6.45, 7) is 7.28. The zero-order valence-electron chi connectivity index (χ0n) is 12.3. The van der Waals surface area contributed by atoms with Crippen molar-refractivity contribution in [3.8, 4) is 6.07 Å². The molecule has 0 heterocycles. The maximum absolute atomic E-state index is 12.8. The van der Waals surface area contributed by atoms with E-state index < -0.39 is 10.0 Å². The minimum atomic E-state index is -3.65. The number of anilines is 1. The molecule has 0 radical (unpaired) electrons. The van der Waals surface area contributed by atoms with E-state index in [-0.39, 0.29) is 23.9 Å². The lowest BCUT2D eigenvalue weighted by Gasteiger charge is -2.26. The number of hydrogen-bond acceptors (Lipinski definition) is 4. The monoisotopic (exact) mass is 295 g/mol. The van der Waals surface area contributed by atoms with Gasteiger partial charge in [0.1, 0.15) is 0 Å². The summed E-state index contributed by atoms with van der Waals surface area (Å²) in [6, 6.07) is 5.15. The number of nitrogens with zero attached hydrogens (tertiary/aromatic N) is 2. The molecular formula is C14H21N3O2S. The van der Waals surface area contributed by atoms with Crippen LogP contribution in [-0.4, -0.2) is 25.3 Å². The van der Waals surface area contributed by atoms with Crippen molar-refractivity contribution in [3.05, 3.63) is 23.3 Å². The number of aryl methyl sites for hydroxylation is 1. The van der Waals surface area contributed by atoms with Crippen molar-refractivity contribution >= 4 is 15.7 Å². The van der Waals surface area contributed by atoms with E-state index in [1.54, 1.807) is 32.9 Å². The highest BCUT2D eigenvalue weighted by atomic mass is 32.2. The van der Waals surface area contributed by atoms with Crippen molar-refractivity contribution in [3.63, 3.8) is 0 Å². The number of nitrogen functional groups attached to an aromatic ring is 1. The fourth-order valence-electron chi connectivity index (χ4n) is 2.06. The van der Waals surface area contributed by atoms with Gasteiger partial charge >= 0.3 is 0 Å². The molecule has 110 valence electrons. The Bertz CT molecular complexity index is 631. The molecule has 1 aromatic rings. The number of benzene rings is 1. The van der Waals surface area contributed by atoms with E-state index in [0.29, 0.717) is 11.3 Å².